The number of rotatable bonds is 3. The first-order chi connectivity index (χ1) is 10.6. The number of amides is 1. The lowest BCUT2D eigenvalue weighted by Gasteiger charge is -2.33. The third-order valence-corrected chi connectivity index (χ3v) is 4.56. The van der Waals surface area contributed by atoms with E-state index in [9.17, 15) is 4.79 Å². The summed E-state index contributed by atoms with van der Waals surface area (Å²) in [5.41, 5.74) is 7.88. The molecule has 0 saturated carbocycles. The minimum absolute atomic E-state index is 0. The molecule has 2 aromatic heterocycles. The zero-order valence-corrected chi connectivity index (χ0v) is 14.3. The van der Waals surface area contributed by atoms with Crippen LogP contribution in [0.4, 0.5) is 0 Å². The van der Waals surface area contributed by atoms with Crippen LogP contribution in [0.3, 0.4) is 0 Å². The zero-order valence-electron chi connectivity index (χ0n) is 13.5. The summed E-state index contributed by atoms with van der Waals surface area (Å²) in [6.45, 7) is 5.56. The fraction of sp³-hybridized carbons (Fsp3) is 0.562. The molecule has 1 aliphatic heterocycles. The van der Waals surface area contributed by atoms with Crippen LogP contribution in [0.5, 0.6) is 0 Å². The summed E-state index contributed by atoms with van der Waals surface area (Å²) in [5.74, 6) is 0.537. The van der Waals surface area contributed by atoms with Gasteiger partial charge in [-0.15, -0.1) is 12.4 Å². The number of piperidine rings is 1. The molecule has 7 heteroatoms. The monoisotopic (exact) mass is 338 g/mol. The number of aryl methyl sites for hydroxylation is 1. The maximum atomic E-state index is 12.6. The molecule has 1 saturated heterocycles. The number of carbonyl (C=O) groups is 1. The molecule has 6 nitrogen and oxygen atoms in total. The minimum atomic E-state index is 0. The van der Waals surface area contributed by atoms with Gasteiger partial charge in [0.15, 0.2) is 0 Å². The van der Waals surface area contributed by atoms with Crippen molar-refractivity contribution in [3.63, 3.8) is 0 Å². The van der Waals surface area contributed by atoms with E-state index in [0.717, 1.165) is 43.4 Å². The van der Waals surface area contributed by atoms with Gasteiger partial charge < -0.3 is 15.2 Å². The molecular weight excluding hydrogens is 316 g/mol. The SMILES string of the molecule is CCc1noc2ncc(C(=O)N3CCC(C(C)N)CC3)cc12.Cl. The van der Waals surface area contributed by atoms with Crippen LogP contribution in [0.2, 0.25) is 0 Å². The molecule has 0 aromatic carbocycles. The van der Waals surface area contributed by atoms with Gasteiger partial charge in [-0.2, -0.15) is 0 Å². The summed E-state index contributed by atoms with van der Waals surface area (Å²) in [6, 6.07) is 2.04. The molecular formula is C16H23ClN4O2. The average Bonchev–Trinajstić information content (AvgIpc) is 2.96. The second kappa shape index (κ2) is 7.27. The van der Waals surface area contributed by atoms with Gasteiger partial charge in [0.25, 0.3) is 11.6 Å². The van der Waals surface area contributed by atoms with Gasteiger partial charge in [0.05, 0.1) is 16.6 Å². The maximum Gasteiger partial charge on any atom is 0.257 e. The van der Waals surface area contributed by atoms with Crippen molar-refractivity contribution in [3.8, 4) is 0 Å². The van der Waals surface area contributed by atoms with E-state index in [4.69, 9.17) is 10.3 Å². The topological polar surface area (TPSA) is 85.2 Å². The van der Waals surface area contributed by atoms with E-state index < -0.39 is 0 Å². The Labute approximate surface area is 141 Å². The van der Waals surface area contributed by atoms with E-state index in [1.165, 1.54) is 0 Å². The van der Waals surface area contributed by atoms with Crippen LogP contribution in [0.25, 0.3) is 11.1 Å². The lowest BCUT2D eigenvalue weighted by atomic mass is 9.91. The highest BCUT2D eigenvalue weighted by molar-refractivity contribution is 5.97. The number of halogens is 1. The van der Waals surface area contributed by atoms with Crippen molar-refractivity contribution < 1.29 is 9.32 Å². The number of nitrogens with zero attached hydrogens (tertiary/aromatic N) is 3. The second-order valence-electron chi connectivity index (χ2n) is 6.05. The molecule has 0 bridgehead atoms. The van der Waals surface area contributed by atoms with E-state index in [-0.39, 0.29) is 24.4 Å². The van der Waals surface area contributed by atoms with Gasteiger partial charge in [-0.05, 0) is 38.2 Å². The van der Waals surface area contributed by atoms with E-state index >= 15 is 0 Å². The summed E-state index contributed by atoms with van der Waals surface area (Å²) in [7, 11) is 0. The third kappa shape index (κ3) is 3.48. The van der Waals surface area contributed by atoms with Crippen LogP contribution in [-0.4, -0.2) is 40.1 Å². The van der Waals surface area contributed by atoms with Gasteiger partial charge in [0.2, 0.25) is 0 Å². The largest absolute Gasteiger partial charge is 0.339 e. The van der Waals surface area contributed by atoms with Crippen molar-refractivity contribution >= 4 is 29.4 Å². The van der Waals surface area contributed by atoms with Crippen molar-refractivity contribution in [2.45, 2.75) is 39.2 Å². The molecule has 1 aliphatic rings. The van der Waals surface area contributed by atoms with Crippen molar-refractivity contribution in [2.24, 2.45) is 11.7 Å². The van der Waals surface area contributed by atoms with Crippen molar-refractivity contribution in [1.29, 1.82) is 0 Å². The third-order valence-electron chi connectivity index (χ3n) is 4.56. The highest BCUT2D eigenvalue weighted by Crippen LogP contribution is 2.23. The fourth-order valence-corrected chi connectivity index (χ4v) is 3.06. The Morgan fingerprint density at radius 3 is 2.78 bits per heavy atom. The van der Waals surface area contributed by atoms with Gasteiger partial charge >= 0.3 is 0 Å². The summed E-state index contributed by atoms with van der Waals surface area (Å²) < 4.78 is 5.16. The summed E-state index contributed by atoms with van der Waals surface area (Å²) >= 11 is 0. The van der Waals surface area contributed by atoms with Crippen molar-refractivity contribution in [2.75, 3.05) is 13.1 Å². The number of pyridine rings is 1. The van der Waals surface area contributed by atoms with E-state index in [0.29, 0.717) is 17.2 Å². The minimum Gasteiger partial charge on any atom is -0.339 e. The van der Waals surface area contributed by atoms with Gasteiger partial charge in [0, 0.05) is 25.3 Å². The van der Waals surface area contributed by atoms with Crippen LogP contribution in [0.15, 0.2) is 16.8 Å². The fourth-order valence-electron chi connectivity index (χ4n) is 3.06. The van der Waals surface area contributed by atoms with Crippen molar-refractivity contribution in [3.05, 3.63) is 23.5 Å². The molecule has 2 aromatic rings. The lowest BCUT2D eigenvalue weighted by Crippen LogP contribution is -2.42. The summed E-state index contributed by atoms with van der Waals surface area (Å²) in [6.07, 6.45) is 4.26. The highest BCUT2D eigenvalue weighted by atomic mass is 35.5. The molecule has 0 spiro atoms. The first-order valence-corrected chi connectivity index (χ1v) is 7.89. The number of hydrogen-bond donors (Lipinski definition) is 1. The van der Waals surface area contributed by atoms with Crippen LogP contribution < -0.4 is 5.73 Å². The molecule has 0 aliphatic carbocycles. The molecule has 1 fully saturated rings. The molecule has 3 rings (SSSR count). The first kappa shape index (κ1) is 17.7. The smallest absolute Gasteiger partial charge is 0.257 e. The summed E-state index contributed by atoms with van der Waals surface area (Å²) in [4.78, 5) is 18.7. The molecule has 1 amide bonds. The average molecular weight is 339 g/mol. The molecule has 23 heavy (non-hydrogen) atoms. The van der Waals surface area contributed by atoms with Crippen LogP contribution in [-0.2, 0) is 6.42 Å². The number of hydrogen-bond acceptors (Lipinski definition) is 5. The zero-order chi connectivity index (χ0) is 15.7. The van der Waals surface area contributed by atoms with Gasteiger partial charge in [-0.1, -0.05) is 12.1 Å². The molecule has 0 radical (unpaired) electrons. The molecule has 2 N–H and O–H groups in total. The van der Waals surface area contributed by atoms with Gasteiger partial charge in [0.1, 0.15) is 0 Å². The Morgan fingerprint density at radius 1 is 1.48 bits per heavy atom. The molecule has 126 valence electrons. The van der Waals surface area contributed by atoms with Gasteiger partial charge in [-0.25, -0.2) is 4.98 Å². The molecule has 1 unspecified atom stereocenters. The lowest BCUT2D eigenvalue weighted by molar-refractivity contribution is 0.0681. The number of aromatic nitrogens is 2. The van der Waals surface area contributed by atoms with Crippen molar-refractivity contribution in [1.82, 2.24) is 15.0 Å². The van der Waals surface area contributed by atoms with E-state index in [2.05, 4.69) is 10.1 Å². The number of fused-ring (bicyclic) bond motifs is 1. The Balaban J connectivity index is 0.00000192. The van der Waals surface area contributed by atoms with E-state index in [1.54, 1.807) is 6.20 Å². The second-order valence-corrected chi connectivity index (χ2v) is 6.05. The normalized spacial score (nSPS) is 17.1. The van der Waals surface area contributed by atoms with Crippen LogP contribution in [0.1, 0.15) is 42.7 Å². The predicted octanol–water partition coefficient (Wildman–Crippen LogP) is 2.41. The van der Waals surface area contributed by atoms with Crippen LogP contribution >= 0.6 is 12.4 Å². The quantitative estimate of drug-likeness (QED) is 0.928. The summed E-state index contributed by atoms with van der Waals surface area (Å²) in [5, 5.41) is 4.81. The molecule has 1 atom stereocenters. The first-order valence-electron chi connectivity index (χ1n) is 7.89. The molecule has 3 heterocycles. The maximum absolute atomic E-state index is 12.6. The Hall–Kier alpha value is -1.66. The number of carbonyl (C=O) groups excluding carboxylic acids is 1. The van der Waals surface area contributed by atoms with E-state index in [1.807, 2.05) is 24.8 Å². The predicted molar refractivity (Wildman–Crippen MR) is 90.7 cm³/mol. The Kier molecular flexibility index (Phi) is 5.59. The standard InChI is InChI=1S/C16H22N4O2.ClH/c1-3-14-13-8-12(9-18-15(13)22-19-14)16(21)20-6-4-11(5-7-20)10(2)17;/h8-11H,3-7,17H2,1-2H3;1H. The van der Waals surface area contributed by atoms with Crippen LogP contribution in [0, 0.1) is 5.92 Å². The number of likely N-dealkylation sites (tertiary alicyclic amines) is 1. The number of nitrogens with two attached hydrogens (primary N) is 1. The Morgan fingerprint density at radius 2 is 2.17 bits per heavy atom. The van der Waals surface area contributed by atoms with Gasteiger partial charge in [-0.3, -0.25) is 4.79 Å². The highest BCUT2D eigenvalue weighted by Gasteiger charge is 2.26. The Bertz CT molecular complexity index is 678.